The maximum atomic E-state index is 10.8. The van der Waals surface area contributed by atoms with Gasteiger partial charge in [0.05, 0.1) is 5.71 Å². The normalized spacial score (nSPS) is 17.8. The van der Waals surface area contributed by atoms with Crippen molar-refractivity contribution in [3.8, 4) is 0 Å². The predicted octanol–water partition coefficient (Wildman–Crippen LogP) is 1.80. The van der Waals surface area contributed by atoms with E-state index in [1.807, 2.05) is 0 Å². The molecule has 0 aliphatic heterocycles. The number of carboxylic acids is 1. The Hall–Kier alpha value is -1.78. The summed E-state index contributed by atoms with van der Waals surface area (Å²) >= 11 is 0. The highest BCUT2D eigenvalue weighted by Crippen LogP contribution is 2.29. The Bertz CT molecular complexity index is 445. The lowest BCUT2D eigenvalue weighted by molar-refractivity contribution is 0.0659. The van der Waals surface area contributed by atoms with Crippen LogP contribution in [0.4, 0.5) is 0 Å². The summed E-state index contributed by atoms with van der Waals surface area (Å²) in [6.07, 6.45) is 2.17. The SMILES string of the molecule is Cc1c(C(=O)O)oc2c1/C(=N\O)CCC2. The molecule has 5 nitrogen and oxygen atoms in total. The van der Waals surface area contributed by atoms with Crippen molar-refractivity contribution in [2.24, 2.45) is 5.16 Å². The highest BCUT2D eigenvalue weighted by Gasteiger charge is 2.27. The lowest BCUT2D eigenvalue weighted by Gasteiger charge is -2.11. The summed E-state index contributed by atoms with van der Waals surface area (Å²) in [5, 5.41) is 20.9. The van der Waals surface area contributed by atoms with Crippen LogP contribution in [-0.2, 0) is 6.42 Å². The van der Waals surface area contributed by atoms with Crippen molar-refractivity contribution in [1.82, 2.24) is 0 Å². The van der Waals surface area contributed by atoms with Gasteiger partial charge in [-0.25, -0.2) is 4.79 Å². The molecular weight excluding hydrogens is 198 g/mol. The van der Waals surface area contributed by atoms with Crippen molar-refractivity contribution in [2.45, 2.75) is 26.2 Å². The molecule has 0 unspecified atom stereocenters. The molecule has 0 aromatic carbocycles. The fourth-order valence-electron chi connectivity index (χ4n) is 1.97. The molecule has 0 saturated heterocycles. The molecule has 1 aromatic heterocycles. The van der Waals surface area contributed by atoms with E-state index < -0.39 is 5.97 Å². The first kappa shape index (κ1) is 9.76. The molecule has 2 N–H and O–H groups in total. The third-order valence-corrected chi connectivity index (χ3v) is 2.64. The molecule has 0 radical (unpaired) electrons. The number of carboxylic acid groups (broad SMARTS) is 1. The number of hydrogen-bond donors (Lipinski definition) is 2. The van der Waals surface area contributed by atoms with Gasteiger partial charge in [-0.3, -0.25) is 0 Å². The predicted molar refractivity (Wildman–Crippen MR) is 51.7 cm³/mol. The molecule has 0 fully saturated rings. The highest BCUT2D eigenvalue weighted by atomic mass is 16.4. The molecular formula is C10H11NO4. The second-order valence-corrected chi connectivity index (χ2v) is 3.56. The third-order valence-electron chi connectivity index (χ3n) is 2.64. The maximum Gasteiger partial charge on any atom is 0.372 e. The monoisotopic (exact) mass is 209 g/mol. The Balaban J connectivity index is 2.61. The zero-order valence-electron chi connectivity index (χ0n) is 8.28. The van der Waals surface area contributed by atoms with E-state index in [4.69, 9.17) is 14.7 Å². The fourth-order valence-corrected chi connectivity index (χ4v) is 1.97. The summed E-state index contributed by atoms with van der Waals surface area (Å²) < 4.78 is 5.24. The largest absolute Gasteiger partial charge is 0.475 e. The second kappa shape index (κ2) is 3.42. The average molecular weight is 209 g/mol. The number of rotatable bonds is 1. The van der Waals surface area contributed by atoms with E-state index in [1.54, 1.807) is 6.92 Å². The quantitative estimate of drug-likeness (QED) is 0.545. The topological polar surface area (TPSA) is 83.0 Å². The Morgan fingerprint density at radius 3 is 2.80 bits per heavy atom. The molecule has 1 aromatic rings. The highest BCUT2D eigenvalue weighted by molar-refractivity contribution is 6.05. The Morgan fingerprint density at radius 1 is 1.47 bits per heavy atom. The summed E-state index contributed by atoms with van der Waals surface area (Å²) in [4.78, 5) is 10.8. The van der Waals surface area contributed by atoms with Gasteiger partial charge >= 0.3 is 5.97 Å². The maximum absolute atomic E-state index is 10.8. The molecule has 80 valence electrons. The first-order valence-corrected chi connectivity index (χ1v) is 4.72. The minimum absolute atomic E-state index is 0.0527. The molecule has 0 atom stereocenters. The van der Waals surface area contributed by atoms with Crippen molar-refractivity contribution in [3.63, 3.8) is 0 Å². The van der Waals surface area contributed by atoms with E-state index >= 15 is 0 Å². The van der Waals surface area contributed by atoms with Gasteiger partial charge in [0.1, 0.15) is 5.76 Å². The molecule has 0 bridgehead atoms. The number of fused-ring (bicyclic) bond motifs is 1. The standard InChI is InChI=1S/C10H11NO4/c1-5-8-6(11-14)3-2-4-7(8)15-9(5)10(12)13/h14H,2-4H2,1H3,(H,12,13)/b11-6-. The minimum atomic E-state index is -1.08. The van der Waals surface area contributed by atoms with Crippen LogP contribution in [-0.4, -0.2) is 22.0 Å². The summed E-state index contributed by atoms with van der Waals surface area (Å²) in [7, 11) is 0. The van der Waals surface area contributed by atoms with E-state index in [9.17, 15) is 4.79 Å². The fraction of sp³-hybridized carbons (Fsp3) is 0.400. The van der Waals surface area contributed by atoms with E-state index in [0.717, 1.165) is 6.42 Å². The van der Waals surface area contributed by atoms with Crippen LogP contribution in [0.5, 0.6) is 0 Å². The Morgan fingerprint density at radius 2 is 2.20 bits per heavy atom. The van der Waals surface area contributed by atoms with Crippen LogP contribution in [0.1, 0.15) is 40.3 Å². The molecule has 0 amide bonds. The van der Waals surface area contributed by atoms with Crippen LogP contribution in [0.25, 0.3) is 0 Å². The molecule has 0 saturated carbocycles. The molecule has 1 aliphatic rings. The number of nitrogens with zero attached hydrogens (tertiary/aromatic N) is 1. The van der Waals surface area contributed by atoms with Crippen molar-refractivity contribution in [2.75, 3.05) is 0 Å². The van der Waals surface area contributed by atoms with E-state index in [0.29, 0.717) is 35.4 Å². The van der Waals surface area contributed by atoms with Gasteiger partial charge in [-0.2, -0.15) is 0 Å². The lowest BCUT2D eigenvalue weighted by Crippen LogP contribution is -2.11. The minimum Gasteiger partial charge on any atom is -0.475 e. The summed E-state index contributed by atoms with van der Waals surface area (Å²) in [6, 6.07) is 0. The van der Waals surface area contributed by atoms with Gasteiger partial charge in [-0.05, 0) is 19.8 Å². The number of furan rings is 1. The zero-order chi connectivity index (χ0) is 11.0. The van der Waals surface area contributed by atoms with Crippen LogP contribution in [0.2, 0.25) is 0 Å². The molecule has 2 rings (SSSR count). The van der Waals surface area contributed by atoms with Crippen molar-refractivity contribution in [1.29, 1.82) is 0 Å². The summed E-state index contributed by atoms with van der Waals surface area (Å²) in [5.41, 5.74) is 1.73. The lowest BCUT2D eigenvalue weighted by atomic mass is 9.93. The first-order valence-electron chi connectivity index (χ1n) is 4.72. The van der Waals surface area contributed by atoms with Crippen molar-refractivity contribution >= 4 is 11.7 Å². The number of aryl methyl sites for hydroxylation is 1. The Labute approximate surface area is 86.0 Å². The van der Waals surface area contributed by atoms with Gasteiger partial charge in [0.25, 0.3) is 0 Å². The second-order valence-electron chi connectivity index (χ2n) is 3.56. The number of aromatic carboxylic acids is 1. The first-order chi connectivity index (χ1) is 7.15. The van der Waals surface area contributed by atoms with Gasteiger partial charge in [0.15, 0.2) is 0 Å². The third kappa shape index (κ3) is 1.40. The van der Waals surface area contributed by atoms with Crippen LogP contribution in [0, 0.1) is 6.92 Å². The molecule has 0 spiro atoms. The van der Waals surface area contributed by atoms with Crippen molar-refractivity contribution in [3.05, 3.63) is 22.6 Å². The number of hydrogen-bond acceptors (Lipinski definition) is 4. The molecule has 1 heterocycles. The molecule has 5 heteroatoms. The molecule has 15 heavy (non-hydrogen) atoms. The number of carbonyl (C=O) groups is 1. The van der Waals surface area contributed by atoms with Gasteiger partial charge in [0.2, 0.25) is 5.76 Å². The van der Waals surface area contributed by atoms with Gasteiger partial charge in [0, 0.05) is 17.5 Å². The van der Waals surface area contributed by atoms with Crippen LogP contribution in [0.15, 0.2) is 9.57 Å². The van der Waals surface area contributed by atoms with Crippen molar-refractivity contribution < 1.29 is 19.5 Å². The molecule has 1 aliphatic carbocycles. The van der Waals surface area contributed by atoms with Gasteiger partial charge in [-0.1, -0.05) is 5.16 Å². The van der Waals surface area contributed by atoms with E-state index in [-0.39, 0.29) is 5.76 Å². The van der Waals surface area contributed by atoms with Crippen LogP contribution < -0.4 is 0 Å². The van der Waals surface area contributed by atoms with E-state index in [2.05, 4.69) is 5.16 Å². The van der Waals surface area contributed by atoms with E-state index in [1.165, 1.54) is 0 Å². The summed E-state index contributed by atoms with van der Waals surface area (Å²) in [6.45, 7) is 1.67. The average Bonchev–Trinajstić information content (AvgIpc) is 2.56. The van der Waals surface area contributed by atoms with Crippen LogP contribution in [0.3, 0.4) is 0 Å². The van der Waals surface area contributed by atoms with Crippen LogP contribution >= 0.6 is 0 Å². The number of oxime groups is 1. The summed E-state index contributed by atoms with van der Waals surface area (Å²) in [5.74, 6) is -0.522. The smallest absolute Gasteiger partial charge is 0.372 e. The Kier molecular flexibility index (Phi) is 2.22. The zero-order valence-corrected chi connectivity index (χ0v) is 8.28. The van der Waals surface area contributed by atoms with Gasteiger partial charge < -0.3 is 14.7 Å². The van der Waals surface area contributed by atoms with Gasteiger partial charge in [-0.15, -0.1) is 0 Å².